The number of nitrogens with zero attached hydrogens (tertiary/aromatic N) is 7. The summed E-state index contributed by atoms with van der Waals surface area (Å²) in [5.74, 6) is 0.698. The fourth-order valence-corrected chi connectivity index (χ4v) is 2.24. The molecular formula is C14H11N7O. The summed E-state index contributed by atoms with van der Waals surface area (Å²) in [5.41, 5.74) is 3.78. The summed E-state index contributed by atoms with van der Waals surface area (Å²) in [6.07, 6.45) is 1.59. The fraction of sp³-hybridized carbons (Fsp3) is 0.143. The second-order valence-electron chi connectivity index (χ2n) is 4.87. The Labute approximate surface area is 124 Å². The van der Waals surface area contributed by atoms with Crippen LogP contribution in [0.3, 0.4) is 0 Å². The molecule has 0 aliphatic carbocycles. The largest absolute Gasteiger partial charge is 0.332 e. The molecule has 4 aromatic rings. The number of rotatable bonds is 2. The summed E-state index contributed by atoms with van der Waals surface area (Å²) in [7, 11) is 0. The van der Waals surface area contributed by atoms with Crippen molar-refractivity contribution in [3.8, 4) is 23.1 Å². The lowest BCUT2D eigenvalue weighted by Gasteiger charge is -1.98. The van der Waals surface area contributed by atoms with E-state index in [0.29, 0.717) is 23.1 Å². The Morgan fingerprint density at radius 3 is 2.82 bits per heavy atom. The minimum absolute atomic E-state index is 0.322. The van der Waals surface area contributed by atoms with Gasteiger partial charge < -0.3 is 4.52 Å². The van der Waals surface area contributed by atoms with Crippen LogP contribution in [0.4, 0.5) is 0 Å². The molecule has 0 spiro atoms. The smallest absolute Gasteiger partial charge is 0.278 e. The highest BCUT2D eigenvalue weighted by molar-refractivity contribution is 5.59. The summed E-state index contributed by atoms with van der Waals surface area (Å²) in [6.45, 7) is 3.91. The van der Waals surface area contributed by atoms with Crippen molar-refractivity contribution in [1.82, 2.24) is 34.9 Å². The number of fused-ring (bicyclic) bond motifs is 1. The van der Waals surface area contributed by atoms with Crippen molar-refractivity contribution in [2.45, 2.75) is 13.8 Å². The average molecular weight is 293 g/mol. The van der Waals surface area contributed by atoms with Crippen LogP contribution in [-0.2, 0) is 0 Å². The van der Waals surface area contributed by atoms with Gasteiger partial charge >= 0.3 is 0 Å². The summed E-state index contributed by atoms with van der Waals surface area (Å²) in [4.78, 5) is 8.75. The zero-order valence-corrected chi connectivity index (χ0v) is 11.9. The Hall–Kier alpha value is -3.16. The molecule has 0 radical (unpaired) electrons. The van der Waals surface area contributed by atoms with E-state index in [0.717, 1.165) is 17.0 Å². The number of aryl methyl sites for hydroxylation is 2. The predicted molar refractivity (Wildman–Crippen MR) is 76.8 cm³/mol. The summed E-state index contributed by atoms with van der Waals surface area (Å²) < 4.78 is 7.02. The van der Waals surface area contributed by atoms with Gasteiger partial charge in [0.2, 0.25) is 5.82 Å². The topological polar surface area (TPSA) is 94.9 Å². The molecule has 0 saturated heterocycles. The molecule has 0 amide bonds. The zero-order valence-electron chi connectivity index (χ0n) is 11.9. The lowest BCUT2D eigenvalue weighted by molar-refractivity contribution is 0.430. The van der Waals surface area contributed by atoms with Crippen LogP contribution in [0, 0.1) is 13.8 Å². The van der Waals surface area contributed by atoms with E-state index in [9.17, 15) is 0 Å². The minimum atomic E-state index is 0.322. The highest BCUT2D eigenvalue weighted by Crippen LogP contribution is 2.21. The van der Waals surface area contributed by atoms with Crippen LogP contribution in [0.25, 0.3) is 28.8 Å². The molecule has 8 heteroatoms. The highest BCUT2D eigenvalue weighted by atomic mass is 16.5. The molecule has 22 heavy (non-hydrogen) atoms. The SMILES string of the molecule is Cc1cc(C)n2nc(-c3nc(-c4cccnn4)no3)cc2n1. The lowest BCUT2D eigenvalue weighted by Crippen LogP contribution is -1.96. The van der Waals surface area contributed by atoms with E-state index in [-0.39, 0.29) is 0 Å². The molecule has 4 heterocycles. The molecule has 8 nitrogen and oxygen atoms in total. The van der Waals surface area contributed by atoms with Crippen LogP contribution >= 0.6 is 0 Å². The molecule has 0 bridgehead atoms. The fourth-order valence-electron chi connectivity index (χ4n) is 2.24. The molecule has 0 saturated carbocycles. The third-order valence-corrected chi connectivity index (χ3v) is 3.18. The van der Waals surface area contributed by atoms with E-state index in [1.165, 1.54) is 0 Å². The standard InChI is InChI=1S/C14H11N7O/c1-8-6-9(2)21-12(16-8)7-11(19-21)14-17-13(20-22-14)10-4-3-5-15-18-10/h3-7H,1-2H3. The van der Waals surface area contributed by atoms with Gasteiger partial charge in [-0.15, -0.1) is 5.10 Å². The Morgan fingerprint density at radius 2 is 2.00 bits per heavy atom. The quantitative estimate of drug-likeness (QED) is 0.556. The van der Waals surface area contributed by atoms with Gasteiger partial charge in [-0.05, 0) is 32.0 Å². The second kappa shape index (κ2) is 4.69. The van der Waals surface area contributed by atoms with Gasteiger partial charge in [-0.1, -0.05) is 5.16 Å². The predicted octanol–water partition coefficient (Wildman–Crippen LogP) is 1.85. The van der Waals surface area contributed by atoms with Gasteiger partial charge in [-0.3, -0.25) is 0 Å². The molecule has 0 aromatic carbocycles. The van der Waals surface area contributed by atoms with Gasteiger partial charge in [-0.2, -0.15) is 15.2 Å². The Bertz CT molecular complexity index is 958. The van der Waals surface area contributed by atoms with E-state index in [4.69, 9.17) is 4.52 Å². The first-order valence-electron chi connectivity index (χ1n) is 6.67. The lowest BCUT2D eigenvalue weighted by atomic mass is 10.3. The van der Waals surface area contributed by atoms with Crippen LogP contribution in [0.5, 0.6) is 0 Å². The van der Waals surface area contributed by atoms with Crippen LogP contribution in [-0.4, -0.2) is 34.9 Å². The maximum Gasteiger partial charge on any atom is 0.278 e. The molecule has 0 aliphatic rings. The van der Waals surface area contributed by atoms with Crippen LogP contribution in [0.1, 0.15) is 11.4 Å². The normalized spacial score (nSPS) is 11.2. The second-order valence-corrected chi connectivity index (χ2v) is 4.87. The summed E-state index contributed by atoms with van der Waals surface area (Å²) >= 11 is 0. The van der Waals surface area contributed by atoms with E-state index in [2.05, 4.69) is 30.4 Å². The molecule has 0 aliphatic heterocycles. The van der Waals surface area contributed by atoms with Gasteiger partial charge in [0, 0.05) is 23.7 Å². The maximum absolute atomic E-state index is 5.27. The highest BCUT2D eigenvalue weighted by Gasteiger charge is 2.16. The average Bonchev–Trinajstić information content (AvgIpc) is 3.14. The van der Waals surface area contributed by atoms with Crippen LogP contribution in [0.2, 0.25) is 0 Å². The monoisotopic (exact) mass is 293 g/mol. The van der Waals surface area contributed by atoms with Gasteiger partial charge in [0.05, 0.1) is 0 Å². The first-order valence-corrected chi connectivity index (χ1v) is 6.67. The van der Waals surface area contributed by atoms with Crippen molar-refractivity contribution in [3.05, 3.63) is 41.9 Å². The van der Waals surface area contributed by atoms with Crippen molar-refractivity contribution < 1.29 is 4.52 Å². The minimum Gasteiger partial charge on any atom is -0.332 e. The first-order chi connectivity index (χ1) is 10.7. The molecular weight excluding hydrogens is 282 g/mol. The van der Waals surface area contributed by atoms with Crippen LogP contribution in [0.15, 0.2) is 35.0 Å². The number of hydrogen-bond acceptors (Lipinski definition) is 7. The molecule has 108 valence electrons. The van der Waals surface area contributed by atoms with Gasteiger partial charge in [-0.25, -0.2) is 9.50 Å². The van der Waals surface area contributed by atoms with E-state index in [1.807, 2.05) is 26.0 Å². The van der Waals surface area contributed by atoms with E-state index in [1.54, 1.807) is 22.8 Å². The Kier molecular flexibility index (Phi) is 2.68. The maximum atomic E-state index is 5.27. The van der Waals surface area contributed by atoms with Crippen molar-refractivity contribution in [2.24, 2.45) is 0 Å². The van der Waals surface area contributed by atoms with Crippen LogP contribution < -0.4 is 0 Å². The Balaban J connectivity index is 1.80. The summed E-state index contributed by atoms with van der Waals surface area (Å²) in [6, 6.07) is 7.30. The van der Waals surface area contributed by atoms with Gasteiger partial charge in [0.15, 0.2) is 11.3 Å². The Morgan fingerprint density at radius 1 is 1.09 bits per heavy atom. The third-order valence-electron chi connectivity index (χ3n) is 3.18. The zero-order chi connectivity index (χ0) is 15.1. The molecule has 4 aromatic heterocycles. The van der Waals surface area contributed by atoms with Crippen molar-refractivity contribution >= 4 is 5.65 Å². The third kappa shape index (κ3) is 2.01. The number of aromatic nitrogens is 7. The first kappa shape index (κ1) is 12.6. The molecule has 0 atom stereocenters. The van der Waals surface area contributed by atoms with Gasteiger partial charge in [0.25, 0.3) is 5.89 Å². The molecule has 0 N–H and O–H groups in total. The molecule has 4 rings (SSSR count). The van der Waals surface area contributed by atoms with Crippen molar-refractivity contribution in [3.63, 3.8) is 0 Å². The van der Waals surface area contributed by atoms with Gasteiger partial charge in [0.1, 0.15) is 5.69 Å². The molecule has 0 fully saturated rings. The van der Waals surface area contributed by atoms with Crippen molar-refractivity contribution in [2.75, 3.05) is 0 Å². The molecule has 0 unspecified atom stereocenters. The van der Waals surface area contributed by atoms with E-state index >= 15 is 0 Å². The van der Waals surface area contributed by atoms with E-state index < -0.39 is 0 Å². The van der Waals surface area contributed by atoms with Crippen molar-refractivity contribution in [1.29, 1.82) is 0 Å². The number of hydrogen-bond donors (Lipinski definition) is 0. The summed E-state index contributed by atoms with van der Waals surface area (Å²) in [5, 5.41) is 16.1.